The fourth-order valence-corrected chi connectivity index (χ4v) is 5.14. The normalized spacial score (nSPS) is 14.4. The number of aromatic hydroxyl groups is 1. The molecule has 9 nitrogen and oxygen atoms in total. The summed E-state index contributed by atoms with van der Waals surface area (Å²) >= 11 is 1.47. The lowest BCUT2D eigenvalue weighted by molar-refractivity contribution is 0.0684. The minimum Gasteiger partial charge on any atom is -0.508 e. The Morgan fingerprint density at radius 2 is 2.00 bits per heavy atom. The Hall–Kier alpha value is -3.63. The molecule has 0 unspecified atom stereocenters. The first kappa shape index (κ1) is 25.5. The van der Waals surface area contributed by atoms with E-state index in [9.17, 15) is 14.7 Å². The number of ether oxygens (including phenoxy) is 2. The van der Waals surface area contributed by atoms with Gasteiger partial charge in [-0.2, -0.15) is 0 Å². The second-order valence-corrected chi connectivity index (χ2v) is 10.0. The molecule has 0 amide bonds. The van der Waals surface area contributed by atoms with Crippen molar-refractivity contribution in [3.05, 3.63) is 72.7 Å². The Morgan fingerprint density at radius 1 is 1.28 bits per heavy atom. The second kappa shape index (κ2) is 10.5. The number of rotatable bonds is 8. The number of phenols is 1. The molecule has 0 radical (unpaired) electrons. The van der Waals surface area contributed by atoms with Gasteiger partial charge in [0, 0.05) is 30.6 Å². The fraction of sp³-hybridized carbons (Fsp3) is 0.346. The van der Waals surface area contributed by atoms with Crippen LogP contribution in [0.5, 0.6) is 11.5 Å². The van der Waals surface area contributed by atoms with Crippen molar-refractivity contribution >= 4 is 34.2 Å². The van der Waals surface area contributed by atoms with Crippen LogP contribution < -0.4 is 26.2 Å². The fourth-order valence-electron chi connectivity index (χ4n) is 3.99. The third kappa shape index (κ3) is 5.29. The van der Waals surface area contributed by atoms with Crippen LogP contribution in [0, 0.1) is 0 Å². The molecule has 1 saturated heterocycles. The summed E-state index contributed by atoms with van der Waals surface area (Å²) in [7, 11) is 1.75. The van der Waals surface area contributed by atoms with Gasteiger partial charge in [0.15, 0.2) is 5.75 Å². The van der Waals surface area contributed by atoms with Crippen molar-refractivity contribution in [3.8, 4) is 11.5 Å². The molecule has 0 spiro atoms. The molecule has 3 N–H and O–H groups in total. The Balaban J connectivity index is 1.64. The highest BCUT2D eigenvalue weighted by Gasteiger charge is 2.28. The van der Waals surface area contributed by atoms with Crippen LogP contribution in [-0.4, -0.2) is 55.3 Å². The van der Waals surface area contributed by atoms with Gasteiger partial charge in [0.1, 0.15) is 17.3 Å². The molecule has 4 rings (SSSR count). The maximum absolute atomic E-state index is 12.2. The van der Waals surface area contributed by atoms with E-state index in [1.807, 2.05) is 26.0 Å². The smallest absolute Gasteiger partial charge is 0.272 e. The number of morpholine rings is 1. The average Bonchev–Trinajstić information content (AvgIpc) is 3.21. The van der Waals surface area contributed by atoms with E-state index in [0.717, 1.165) is 9.75 Å². The van der Waals surface area contributed by atoms with Crippen LogP contribution in [-0.2, 0) is 11.3 Å². The molecule has 1 aliphatic heterocycles. The van der Waals surface area contributed by atoms with Gasteiger partial charge in [0.25, 0.3) is 10.9 Å². The van der Waals surface area contributed by atoms with E-state index in [0.29, 0.717) is 55.6 Å². The molecule has 0 aliphatic carbocycles. The van der Waals surface area contributed by atoms with Crippen LogP contribution in [0.3, 0.4) is 0 Å². The third-order valence-corrected chi connectivity index (χ3v) is 6.85. The van der Waals surface area contributed by atoms with Crippen LogP contribution in [0.4, 0.5) is 11.4 Å². The zero-order valence-electron chi connectivity index (χ0n) is 20.6. The first-order valence-electron chi connectivity index (χ1n) is 11.6. The van der Waals surface area contributed by atoms with Crippen molar-refractivity contribution < 1.29 is 14.6 Å². The monoisotopic (exact) mass is 510 g/mol. The van der Waals surface area contributed by atoms with Gasteiger partial charge >= 0.3 is 0 Å². The van der Waals surface area contributed by atoms with Gasteiger partial charge in [-0.05, 0) is 32.0 Å². The molecule has 2 heterocycles. The molecule has 10 heteroatoms. The van der Waals surface area contributed by atoms with Crippen molar-refractivity contribution in [3.63, 3.8) is 0 Å². The highest BCUT2D eigenvalue weighted by atomic mass is 32.1. The summed E-state index contributed by atoms with van der Waals surface area (Å²) in [5.74, 6) is 0.929. The topological polar surface area (TPSA) is 118 Å². The lowest BCUT2D eigenvalue weighted by atomic mass is 10.1. The highest BCUT2D eigenvalue weighted by Crippen LogP contribution is 2.32. The molecule has 0 atom stereocenters. The van der Waals surface area contributed by atoms with Gasteiger partial charge < -0.3 is 30.1 Å². The van der Waals surface area contributed by atoms with E-state index < -0.39 is 10.9 Å². The van der Waals surface area contributed by atoms with Crippen LogP contribution in [0.15, 0.2) is 51.5 Å². The van der Waals surface area contributed by atoms with E-state index >= 15 is 0 Å². The van der Waals surface area contributed by atoms with E-state index in [4.69, 9.17) is 20.2 Å². The van der Waals surface area contributed by atoms with Gasteiger partial charge in [0.05, 0.1) is 42.1 Å². The van der Waals surface area contributed by atoms with Crippen LogP contribution in [0.1, 0.15) is 29.2 Å². The van der Waals surface area contributed by atoms with Gasteiger partial charge in [-0.15, -0.1) is 11.3 Å². The van der Waals surface area contributed by atoms with Gasteiger partial charge in [-0.25, -0.2) is 4.99 Å². The summed E-state index contributed by atoms with van der Waals surface area (Å²) in [6, 6.07) is 8.64. The number of nitrogens with two attached hydrogens (primary N) is 1. The Morgan fingerprint density at radius 3 is 2.67 bits per heavy atom. The number of amidine groups is 1. The summed E-state index contributed by atoms with van der Waals surface area (Å²) in [6.07, 6.45) is -0.212. The quantitative estimate of drug-likeness (QED) is 0.270. The molecule has 0 bridgehead atoms. The van der Waals surface area contributed by atoms with Crippen LogP contribution in [0.25, 0.3) is 5.70 Å². The van der Waals surface area contributed by atoms with Gasteiger partial charge in [-0.3, -0.25) is 9.59 Å². The number of hydrogen-bond donors (Lipinski definition) is 2. The first-order valence-corrected chi connectivity index (χ1v) is 12.5. The lowest BCUT2D eigenvalue weighted by Crippen LogP contribution is -2.41. The van der Waals surface area contributed by atoms with E-state index in [2.05, 4.69) is 11.5 Å². The molecule has 190 valence electrons. The molecule has 36 heavy (non-hydrogen) atoms. The zero-order valence-corrected chi connectivity index (χ0v) is 21.4. The molecule has 1 aromatic heterocycles. The Bertz CT molecular complexity index is 1360. The summed E-state index contributed by atoms with van der Waals surface area (Å²) in [4.78, 5) is 34.6. The number of nitrogen functional groups attached to an aromatic ring is 1. The van der Waals surface area contributed by atoms with Crippen molar-refractivity contribution in [1.82, 2.24) is 4.90 Å². The number of phenolic OH excluding ortho intramolecular Hbond substituents is 1. The SMILES string of the molecule is C=C(/N=C(\c1sc(CN(C)c2c(OC(C)C)c(=O)c2=O)cc1N)N1CCOCC1)c1cccc(O)c1. The second-order valence-electron chi connectivity index (χ2n) is 8.89. The minimum atomic E-state index is -0.593. The zero-order chi connectivity index (χ0) is 26.0. The predicted octanol–water partition coefficient (Wildman–Crippen LogP) is 2.81. The number of aliphatic imine (C=N–C) groups is 1. The van der Waals surface area contributed by atoms with Crippen molar-refractivity contribution in [2.75, 3.05) is 44.0 Å². The summed E-state index contributed by atoms with van der Waals surface area (Å²) < 4.78 is 11.1. The minimum absolute atomic E-state index is 0.111. The van der Waals surface area contributed by atoms with Gasteiger partial charge in [0.2, 0.25) is 0 Å². The number of anilines is 2. The van der Waals surface area contributed by atoms with Gasteiger partial charge in [-0.1, -0.05) is 18.7 Å². The van der Waals surface area contributed by atoms with E-state index in [1.165, 1.54) is 11.3 Å². The number of nitrogens with zero attached hydrogens (tertiary/aromatic N) is 3. The molecule has 1 fully saturated rings. The van der Waals surface area contributed by atoms with E-state index in [1.54, 1.807) is 30.1 Å². The summed E-state index contributed by atoms with van der Waals surface area (Å²) in [5.41, 5.74) is 7.35. The molecular formula is C26H30N4O5S. The molecule has 0 saturated carbocycles. The average molecular weight is 511 g/mol. The largest absolute Gasteiger partial charge is 0.508 e. The molecule has 2 aromatic carbocycles. The summed E-state index contributed by atoms with van der Waals surface area (Å²) in [6.45, 7) is 10.5. The van der Waals surface area contributed by atoms with Crippen molar-refractivity contribution in [2.24, 2.45) is 4.99 Å². The predicted molar refractivity (Wildman–Crippen MR) is 144 cm³/mol. The lowest BCUT2D eigenvalue weighted by Gasteiger charge is -2.30. The van der Waals surface area contributed by atoms with Crippen LogP contribution in [0.2, 0.25) is 0 Å². The van der Waals surface area contributed by atoms with Crippen LogP contribution >= 0.6 is 11.3 Å². The maximum atomic E-state index is 12.2. The molecule has 3 aromatic rings. The molecule has 1 aliphatic rings. The highest BCUT2D eigenvalue weighted by molar-refractivity contribution is 7.14. The Labute approximate surface area is 213 Å². The third-order valence-electron chi connectivity index (χ3n) is 5.72. The number of hydrogen-bond acceptors (Lipinski definition) is 9. The Kier molecular flexibility index (Phi) is 7.46. The van der Waals surface area contributed by atoms with E-state index in [-0.39, 0.29) is 23.3 Å². The maximum Gasteiger partial charge on any atom is 0.272 e. The standard InChI is InChI=1S/C26H30N4O5S/c1-15(2)35-24-21(22(32)23(24)33)29(4)14-19-13-20(27)25(36-19)26(30-8-10-34-11-9-30)28-16(3)17-6-5-7-18(31)12-17/h5-7,12-13,15,31H,3,8-11,14,27H2,1-2,4H3/b28-26+. The number of thiophene rings is 1. The summed E-state index contributed by atoms with van der Waals surface area (Å²) in [5, 5.41) is 9.87. The molecular weight excluding hydrogens is 480 g/mol. The van der Waals surface area contributed by atoms with Crippen molar-refractivity contribution in [2.45, 2.75) is 26.5 Å². The first-order chi connectivity index (χ1) is 17.2. The number of benzene rings is 1. The van der Waals surface area contributed by atoms with Crippen molar-refractivity contribution in [1.29, 1.82) is 0 Å².